The molecule has 3 nitrogen and oxygen atoms in total. The molecule has 0 saturated carbocycles. The van der Waals surface area contributed by atoms with Crippen LogP contribution < -0.4 is 0 Å². The van der Waals surface area contributed by atoms with Crippen LogP contribution in [-0.2, 0) is 0 Å². The van der Waals surface area contributed by atoms with E-state index in [1.54, 1.807) is 0 Å². The summed E-state index contributed by atoms with van der Waals surface area (Å²) in [5.74, 6) is 0.652. The second-order valence-electron chi connectivity index (χ2n) is 15.4. The maximum absolute atomic E-state index is 6.48. The summed E-state index contributed by atoms with van der Waals surface area (Å²) < 4.78 is 6.48. The summed E-state index contributed by atoms with van der Waals surface area (Å²) in [7, 11) is 0. The Kier molecular flexibility index (Phi) is 9.18. The molecule has 3 heteroatoms. The first kappa shape index (κ1) is 36.0. The molecule has 0 amide bonds. The lowest BCUT2D eigenvalue weighted by Gasteiger charge is -2.12. The Balaban J connectivity index is 0.942. The Bertz CT molecular complexity index is 3280. The molecule has 0 bridgehead atoms. The molecule has 0 atom stereocenters. The van der Waals surface area contributed by atoms with E-state index in [1.807, 2.05) is 24.3 Å². The minimum Gasteiger partial charge on any atom is -0.452 e. The van der Waals surface area contributed by atoms with Crippen LogP contribution in [0.3, 0.4) is 0 Å². The molecule has 0 unspecified atom stereocenters. The van der Waals surface area contributed by atoms with Crippen LogP contribution in [0.4, 0.5) is 0 Å². The lowest BCUT2D eigenvalue weighted by molar-refractivity contribution is 0.667. The van der Waals surface area contributed by atoms with Crippen LogP contribution in [0.5, 0.6) is 0 Å². The van der Waals surface area contributed by atoms with Crippen molar-refractivity contribution < 1.29 is 4.42 Å². The average molecular weight is 779 g/mol. The molecule has 11 rings (SSSR count). The van der Waals surface area contributed by atoms with Crippen molar-refractivity contribution in [3.63, 3.8) is 0 Å². The quantitative estimate of drug-likeness (QED) is 0.154. The molecule has 286 valence electrons. The van der Waals surface area contributed by atoms with Crippen LogP contribution >= 0.6 is 0 Å². The summed E-state index contributed by atoms with van der Waals surface area (Å²) in [4.78, 5) is 10.4. The van der Waals surface area contributed by atoms with Gasteiger partial charge in [-0.2, -0.15) is 0 Å². The van der Waals surface area contributed by atoms with Gasteiger partial charge in [0.05, 0.1) is 0 Å². The molecular weight excluding hydrogens is 741 g/mol. The lowest BCUT2D eigenvalue weighted by atomic mass is 9.92. The van der Waals surface area contributed by atoms with Crippen molar-refractivity contribution in [2.75, 3.05) is 0 Å². The third kappa shape index (κ3) is 7.09. The smallest absolute Gasteiger partial charge is 0.180 e. The highest BCUT2D eigenvalue weighted by Crippen LogP contribution is 2.38. The van der Waals surface area contributed by atoms with Gasteiger partial charge in [-0.15, -0.1) is 0 Å². The Morgan fingerprint density at radius 3 is 1.18 bits per heavy atom. The SMILES string of the molecule is c1ccc(-c2cc(-c3ccccc3)cc(-c3ccc(-c4cccc(-c5cccc(-c6nc(-c7cccc(-c8ccccc8)c7)c7oc8ccccc8c7n6)c5)c4)cc3)c2)cc1. The summed E-state index contributed by atoms with van der Waals surface area (Å²) in [6.07, 6.45) is 0. The normalized spacial score (nSPS) is 11.3. The van der Waals surface area contributed by atoms with Crippen LogP contribution in [0.25, 0.3) is 111 Å². The number of aromatic nitrogens is 2. The molecule has 0 spiro atoms. The number of benzene rings is 9. The fraction of sp³-hybridized carbons (Fsp3) is 0. The number of furan rings is 1. The molecule has 0 saturated heterocycles. The molecule has 11 aromatic rings. The standard InChI is InChI=1S/C58H38N2O/c1-4-15-39(16-5-1)45-22-13-25-48(34-45)55-57-56(53-27-10-11-28-54(53)61-57)60-58(59-55)49-26-14-24-47(35-49)46-23-12-21-44(33-46)42-29-31-43(32-30-42)52-37-50(40-17-6-2-7-18-40)36-51(38-52)41-19-8-3-9-20-41/h1-38H. The predicted octanol–water partition coefficient (Wildman–Crippen LogP) is 15.7. The molecule has 2 aromatic heterocycles. The van der Waals surface area contributed by atoms with Crippen molar-refractivity contribution in [2.45, 2.75) is 0 Å². The van der Waals surface area contributed by atoms with E-state index in [4.69, 9.17) is 14.4 Å². The Labute approximate surface area is 354 Å². The van der Waals surface area contributed by atoms with Gasteiger partial charge in [0.1, 0.15) is 16.8 Å². The largest absolute Gasteiger partial charge is 0.452 e. The summed E-state index contributed by atoms with van der Waals surface area (Å²) in [5.41, 5.74) is 18.9. The average Bonchev–Trinajstić information content (AvgIpc) is 3.73. The van der Waals surface area contributed by atoms with Crippen LogP contribution in [0.15, 0.2) is 235 Å². The van der Waals surface area contributed by atoms with Crippen LogP contribution in [0.2, 0.25) is 0 Å². The van der Waals surface area contributed by atoms with E-state index in [9.17, 15) is 0 Å². The van der Waals surface area contributed by atoms with E-state index in [1.165, 1.54) is 33.4 Å². The van der Waals surface area contributed by atoms with Gasteiger partial charge in [-0.05, 0) is 115 Å². The molecule has 0 radical (unpaired) electrons. The Morgan fingerprint density at radius 1 is 0.262 bits per heavy atom. The van der Waals surface area contributed by atoms with Crippen molar-refractivity contribution in [3.05, 3.63) is 231 Å². The van der Waals surface area contributed by atoms with Gasteiger partial charge in [-0.3, -0.25) is 0 Å². The molecule has 61 heavy (non-hydrogen) atoms. The van der Waals surface area contributed by atoms with E-state index in [0.717, 1.165) is 66.7 Å². The maximum Gasteiger partial charge on any atom is 0.180 e. The van der Waals surface area contributed by atoms with Crippen LogP contribution in [0, 0.1) is 0 Å². The minimum absolute atomic E-state index is 0.652. The van der Waals surface area contributed by atoms with Crippen molar-refractivity contribution in [1.82, 2.24) is 9.97 Å². The first-order valence-corrected chi connectivity index (χ1v) is 20.6. The van der Waals surface area contributed by atoms with Crippen molar-refractivity contribution >= 4 is 22.1 Å². The topological polar surface area (TPSA) is 38.9 Å². The Hall–Kier alpha value is -8.14. The number of fused-ring (bicyclic) bond motifs is 3. The van der Waals surface area contributed by atoms with Crippen molar-refractivity contribution in [1.29, 1.82) is 0 Å². The van der Waals surface area contributed by atoms with Gasteiger partial charge >= 0.3 is 0 Å². The van der Waals surface area contributed by atoms with Gasteiger partial charge in [-0.25, -0.2) is 9.97 Å². The third-order valence-corrected chi connectivity index (χ3v) is 11.5. The van der Waals surface area contributed by atoms with E-state index in [2.05, 4.69) is 206 Å². The summed E-state index contributed by atoms with van der Waals surface area (Å²) in [5, 5.41) is 0.969. The molecule has 0 fully saturated rings. The molecule has 0 aliphatic carbocycles. The van der Waals surface area contributed by atoms with Crippen LogP contribution in [-0.4, -0.2) is 9.97 Å². The van der Waals surface area contributed by atoms with E-state index < -0.39 is 0 Å². The zero-order chi connectivity index (χ0) is 40.5. The molecule has 0 aliphatic heterocycles. The fourth-order valence-electron chi connectivity index (χ4n) is 8.35. The third-order valence-electron chi connectivity index (χ3n) is 11.5. The fourth-order valence-corrected chi connectivity index (χ4v) is 8.35. The summed E-state index contributed by atoms with van der Waals surface area (Å²) >= 11 is 0. The predicted molar refractivity (Wildman–Crippen MR) is 253 cm³/mol. The molecule has 0 aliphatic rings. The van der Waals surface area contributed by atoms with E-state index >= 15 is 0 Å². The number of nitrogens with zero attached hydrogens (tertiary/aromatic N) is 2. The monoisotopic (exact) mass is 778 g/mol. The van der Waals surface area contributed by atoms with Crippen molar-refractivity contribution in [3.8, 4) is 89.4 Å². The summed E-state index contributed by atoms with van der Waals surface area (Å²) in [6, 6.07) is 81.4. The molecule has 0 N–H and O–H groups in total. The number of rotatable bonds is 8. The Morgan fingerprint density at radius 2 is 0.623 bits per heavy atom. The van der Waals surface area contributed by atoms with Gasteiger partial charge in [0, 0.05) is 16.5 Å². The molecule has 2 heterocycles. The van der Waals surface area contributed by atoms with Gasteiger partial charge in [-0.1, -0.05) is 182 Å². The second-order valence-corrected chi connectivity index (χ2v) is 15.4. The van der Waals surface area contributed by atoms with Gasteiger partial charge in [0.15, 0.2) is 11.4 Å². The highest BCUT2D eigenvalue weighted by molar-refractivity contribution is 6.07. The van der Waals surface area contributed by atoms with E-state index in [-0.39, 0.29) is 0 Å². The molecule has 9 aromatic carbocycles. The zero-order valence-electron chi connectivity index (χ0n) is 33.2. The van der Waals surface area contributed by atoms with Crippen molar-refractivity contribution in [2.24, 2.45) is 0 Å². The first-order valence-electron chi connectivity index (χ1n) is 20.6. The number of hydrogen-bond acceptors (Lipinski definition) is 3. The number of para-hydroxylation sites is 1. The first-order chi connectivity index (χ1) is 30.2. The maximum atomic E-state index is 6.48. The summed E-state index contributed by atoms with van der Waals surface area (Å²) in [6.45, 7) is 0. The highest BCUT2D eigenvalue weighted by atomic mass is 16.3. The van der Waals surface area contributed by atoms with Gasteiger partial charge < -0.3 is 4.42 Å². The van der Waals surface area contributed by atoms with Crippen LogP contribution in [0.1, 0.15) is 0 Å². The second kappa shape index (κ2) is 15.6. The van der Waals surface area contributed by atoms with E-state index in [0.29, 0.717) is 11.4 Å². The zero-order valence-corrected chi connectivity index (χ0v) is 33.2. The molecular formula is C58H38N2O. The van der Waals surface area contributed by atoms with Gasteiger partial charge in [0.2, 0.25) is 0 Å². The minimum atomic E-state index is 0.652. The lowest BCUT2D eigenvalue weighted by Crippen LogP contribution is -1.94. The number of hydrogen-bond donors (Lipinski definition) is 0. The van der Waals surface area contributed by atoms with Gasteiger partial charge in [0.25, 0.3) is 0 Å². The highest BCUT2D eigenvalue weighted by Gasteiger charge is 2.19.